The number of pyridine rings is 1. The molecule has 0 aliphatic heterocycles. The van der Waals surface area contributed by atoms with E-state index >= 15 is 0 Å². The van der Waals surface area contributed by atoms with E-state index < -0.39 is 11.9 Å². The molecule has 3 N–H and O–H groups in total. The number of hydrogen-bond donors (Lipinski definition) is 2. The second-order valence-corrected chi connectivity index (χ2v) is 4.37. The molecule has 0 aliphatic carbocycles. The number of hydrogen-bond acceptors (Lipinski definition) is 5. The van der Waals surface area contributed by atoms with Crippen molar-refractivity contribution in [1.29, 1.82) is 0 Å². The number of nitrogens with zero attached hydrogens (tertiary/aromatic N) is 3. The summed E-state index contributed by atoms with van der Waals surface area (Å²) >= 11 is 0. The smallest absolute Gasteiger partial charge is 0.323 e. The Balaban J connectivity index is 2.83. The zero-order valence-electron chi connectivity index (χ0n) is 11.0. The summed E-state index contributed by atoms with van der Waals surface area (Å²) in [4.78, 5) is 30.0. The van der Waals surface area contributed by atoms with Crippen LogP contribution in [0.2, 0.25) is 0 Å². The fourth-order valence-corrected chi connectivity index (χ4v) is 1.47. The minimum absolute atomic E-state index is 0.153. The van der Waals surface area contributed by atoms with E-state index in [1.807, 2.05) is 19.0 Å². The summed E-state index contributed by atoms with van der Waals surface area (Å²) in [7, 11) is 3.70. The van der Waals surface area contributed by atoms with Crippen molar-refractivity contribution < 1.29 is 14.7 Å². The summed E-state index contributed by atoms with van der Waals surface area (Å²) < 4.78 is 0. The van der Waals surface area contributed by atoms with Crippen LogP contribution in [-0.4, -0.2) is 65.5 Å². The van der Waals surface area contributed by atoms with E-state index in [2.05, 4.69) is 4.98 Å². The van der Waals surface area contributed by atoms with Crippen molar-refractivity contribution in [2.24, 2.45) is 0 Å². The van der Waals surface area contributed by atoms with Gasteiger partial charge in [-0.05, 0) is 26.2 Å². The molecule has 104 valence electrons. The molecular formula is C12H18N4O3. The third-order valence-electron chi connectivity index (χ3n) is 2.42. The monoisotopic (exact) mass is 266 g/mol. The van der Waals surface area contributed by atoms with Gasteiger partial charge in [-0.15, -0.1) is 0 Å². The molecule has 1 rings (SSSR count). The van der Waals surface area contributed by atoms with Gasteiger partial charge in [0, 0.05) is 13.1 Å². The SMILES string of the molecule is CN(C)CCN(CC(=O)O)C(=O)c1cccc(N)n1. The lowest BCUT2D eigenvalue weighted by molar-refractivity contribution is -0.137. The van der Waals surface area contributed by atoms with Crippen LogP contribution in [0.15, 0.2) is 18.2 Å². The van der Waals surface area contributed by atoms with Gasteiger partial charge in [-0.3, -0.25) is 9.59 Å². The van der Waals surface area contributed by atoms with Crippen LogP contribution >= 0.6 is 0 Å². The second-order valence-electron chi connectivity index (χ2n) is 4.37. The Bertz CT molecular complexity index is 462. The first-order valence-electron chi connectivity index (χ1n) is 5.78. The Labute approximate surface area is 111 Å². The Morgan fingerprint density at radius 1 is 1.32 bits per heavy atom. The molecule has 19 heavy (non-hydrogen) atoms. The van der Waals surface area contributed by atoms with Crippen molar-refractivity contribution in [3.8, 4) is 0 Å². The van der Waals surface area contributed by atoms with E-state index in [9.17, 15) is 9.59 Å². The first-order chi connectivity index (χ1) is 8.90. The maximum Gasteiger partial charge on any atom is 0.323 e. The number of aliphatic carboxylic acids is 1. The molecule has 0 fully saturated rings. The number of anilines is 1. The van der Waals surface area contributed by atoms with Crippen molar-refractivity contribution in [3.05, 3.63) is 23.9 Å². The lowest BCUT2D eigenvalue weighted by Gasteiger charge is -2.22. The minimum Gasteiger partial charge on any atom is -0.480 e. The molecule has 0 aromatic carbocycles. The predicted molar refractivity (Wildman–Crippen MR) is 70.7 cm³/mol. The molecule has 0 saturated carbocycles. The average molecular weight is 266 g/mol. The van der Waals surface area contributed by atoms with Gasteiger partial charge in [0.25, 0.3) is 5.91 Å². The summed E-state index contributed by atoms with van der Waals surface area (Å²) in [5, 5.41) is 8.85. The summed E-state index contributed by atoms with van der Waals surface area (Å²) in [6, 6.07) is 4.70. The minimum atomic E-state index is -1.06. The number of nitrogens with two attached hydrogens (primary N) is 1. The third kappa shape index (κ3) is 4.92. The van der Waals surface area contributed by atoms with E-state index in [0.29, 0.717) is 13.1 Å². The highest BCUT2D eigenvalue weighted by Gasteiger charge is 2.19. The first kappa shape index (κ1) is 14.9. The van der Waals surface area contributed by atoms with Crippen LogP contribution in [0, 0.1) is 0 Å². The molecule has 1 heterocycles. The molecule has 0 radical (unpaired) electrons. The normalized spacial score (nSPS) is 10.5. The average Bonchev–Trinajstić information content (AvgIpc) is 2.33. The summed E-state index contributed by atoms with van der Waals surface area (Å²) in [5.74, 6) is -1.26. The largest absolute Gasteiger partial charge is 0.480 e. The molecule has 7 heteroatoms. The van der Waals surface area contributed by atoms with Crippen molar-refractivity contribution in [3.63, 3.8) is 0 Å². The van der Waals surface area contributed by atoms with Gasteiger partial charge in [-0.25, -0.2) is 4.98 Å². The van der Waals surface area contributed by atoms with Gasteiger partial charge >= 0.3 is 5.97 Å². The van der Waals surface area contributed by atoms with Gasteiger partial charge in [-0.2, -0.15) is 0 Å². The number of carboxylic acid groups (broad SMARTS) is 1. The van der Waals surface area contributed by atoms with Crippen molar-refractivity contribution in [2.45, 2.75) is 0 Å². The number of carbonyl (C=O) groups excluding carboxylic acids is 1. The topological polar surface area (TPSA) is 99.8 Å². The zero-order chi connectivity index (χ0) is 14.4. The number of rotatable bonds is 6. The van der Waals surface area contributed by atoms with E-state index in [1.54, 1.807) is 12.1 Å². The molecule has 0 spiro atoms. The molecule has 0 aliphatic rings. The third-order valence-corrected chi connectivity index (χ3v) is 2.42. The molecule has 0 unspecified atom stereocenters. The number of carboxylic acids is 1. The van der Waals surface area contributed by atoms with Crippen LogP contribution in [0.25, 0.3) is 0 Å². The molecule has 1 amide bonds. The number of amides is 1. The fourth-order valence-electron chi connectivity index (χ4n) is 1.47. The zero-order valence-corrected chi connectivity index (χ0v) is 11.0. The van der Waals surface area contributed by atoms with Gasteiger partial charge in [0.1, 0.15) is 18.1 Å². The number of aromatic nitrogens is 1. The van der Waals surface area contributed by atoms with Crippen LogP contribution in [0.5, 0.6) is 0 Å². The van der Waals surface area contributed by atoms with Crippen LogP contribution in [0.1, 0.15) is 10.5 Å². The highest BCUT2D eigenvalue weighted by molar-refractivity contribution is 5.94. The van der Waals surface area contributed by atoms with E-state index in [0.717, 1.165) is 0 Å². The molecule has 1 aromatic rings. The lowest BCUT2D eigenvalue weighted by Crippen LogP contribution is -2.40. The van der Waals surface area contributed by atoms with E-state index in [1.165, 1.54) is 11.0 Å². The van der Waals surface area contributed by atoms with Crippen LogP contribution in [0.3, 0.4) is 0 Å². The Morgan fingerprint density at radius 3 is 2.53 bits per heavy atom. The maximum absolute atomic E-state index is 12.2. The highest BCUT2D eigenvalue weighted by atomic mass is 16.4. The highest BCUT2D eigenvalue weighted by Crippen LogP contribution is 2.05. The second kappa shape index (κ2) is 6.69. The molecule has 0 bridgehead atoms. The standard InChI is InChI=1S/C12H18N4O3/c1-15(2)6-7-16(8-11(17)18)12(19)9-4-3-5-10(13)14-9/h3-5H,6-8H2,1-2H3,(H2,13,14)(H,17,18). The fraction of sp³-hybridized carbons (Fsp3) is 0.417. The van der Waals surface area contributed by atoms with Crippen LogP contribution in [-0.2, 0) is 4.79 Å². The van der Waals surface area contributed by atoms with E-state index in [-0.39, 0.29) is 18.1 Å². The summed E-state index contributed by atoms with van der Waals surface area (Å²) in [6.45, 7) is 0.527. The van der Waals surface area contributed by atoms with Gasteiger partial charge in [0.15, 0.2) is 0 Å². The van der Waals surface area contributed by atoms with Crippen LogP contribution in [0.4, 0.5) is 5.82 Å². The summed E-state index contributed by atoms with van der Waals surface area (Å²) in [5.41, 5.74) is 5.67. The van der Waals surface area contributed by atoms with Crippen molar-refractivity contribution in [1.82, 2.24) is 14.8 Å². The predicted octanol–water partition coefficient (Wildman–Crippen LogP) is -0.248. The molecule has 1 aromatic heterocycles. The van der Waals surface area contributed by atoms with Crippen molar-refractivity contribution in [2.75, 3.05) is 39.5 Å². The Morgan fingerprint density at radius 2 is 2.00 bits per heavy atom. The summed E-state index contributed by atoms with van der Waals surface area (Å²) in [6.07, 6.45) is 0. The molecule has 7 nitrogen and oxygen atoms in total. The lowest BCUT2D eigenvalue weighted by atomic mass is 10.3. The van der Waals surface area contributed by atoms with Gasteiger partial charge in [0.05, 0.1) is 0 Å². The molecule has 0 saturated heterocycles. The first-order valence-corrected chi connectivity index (χ1v) is 5.78. The molecular weight excluding hydrogens is 248 g/mol. The number of likely N-dealkylation sites (N-methyl/N-ethyl adjacent to an activating group) is 1. The maximum atomic E-state index is 12.2. The van der Waals surface area contributed by atoms with Gasteiger partial charge in [0.2, 0.25) is 0 Å². The number of carbonyl (C=O) groups is 2. The van der Waals surface area contributed by atoms with E-state index in [4.69, 9.17) is 10.8 Å². The Hall–Kier alpha value is -2.15. The number of nitrogen functional groups attached to an aromatic ring is 1. The quantitative estimate of drug-likeness (QED) is 0.736. The van der Waals surface area contributed by atoms with Crippen molar-refractivity contribution >= 4 is 17.7 Å². The Kier molecular flexibility index (Phi) is 5.25. The van der Waals surface area contributed by atoms with Gasteiger partial charge in [-0.1, -0.05) is 6.07 Å². The molecule has 0 atom stereocenters. The van der Waals surface area contributed by atoms with Gasteiger partial charge < -0.3 is 20.6 Å². The van der Waals surface area contributed by atoms with Crippen LogP contribution < -0.4 is 5.73 Å².